The summed E-state index contributed by atoms with van der Waals surface area (Å²) in [6.07, 6.45) is 3.18. The maximum atomic E-state index is 11.2. The molecule has 0 fully saturated rings. The molecule has 4 aliphatic rings. The van der Waals surface area contributed by atoms with Crippen LogP contribution in [0.1, 0.15) is 45.5 Å². The summed E-state index contributed by atoms with van der Waals surface area (Å²) in [5.41, 5.74) is 8.53. The summed E-state index contributed by atoms with van der Waals surface area (Å²) in [6.45, 7) is 1.77. The van der Waals surface area contributed by atoms with Crippen molar-refractivity contribution in [2.45, 2.75) is 37.8 Å². The largest absolute Gasteiger partial charge is 0.507 e. The van der Waals surface area contributed by atoms with E-state index in [4.69, 9.17) is 23.7 Å². The molecule has 0 amide bonds. The van der Waals surface area contributed by atoms with Gasteiger partial charge in [-0.1, -0.05) is 12.1 Å². The molecule has 0 saturated carbocycles. The quantitative estimate of drug-likeness (QED) is 0.239. The lowest BCUT2D eigenvalue weighted by atomic mass is 9.85. The molecule has 8 heteroatoms. The molecule has 0 aliphatic carbocycles. The molecule has 7 bridgehead atoms. The van der Waals surface area contributed by atoms with Gasteiger partial charge in [-0.15, -0.1) is 0 Å². The molecule has 4 aromatic carbocycles. The van der Waals surface area contributed by atoms with E-state index >= 15 is 0 Å². The fraction of sp³-hybridized carbons (Fsp3) is 0.351. The van der Waals surface area contributed by atoms with Gasteiger partial charge in [0, 0.05) is 47.4 Å². The number of likely N-dealkylation sites (N-methyl/N-ethyl adjacent to an activating group) is 2. The van der Waals surface area contributed by atoms with E-state index in [-0.39, 0.29) is 17.8 Å². The molecule has 0 radical (unpaired) electrons. The Balaban J connectivity index is 1.42. The number of nitrogens with zero attached hydrogens (tertiary/aromatic N) is 2. The van der Waals surface area contributed by atoms with Gasteiger partial charge in [0.2, 0.25) is 11.5 Å². The van der Waals surface area contributed by atoms with Gasteiger partial charge >= 0.3 is 0 Å². The molecule has 2 atom stereocenters. The number of hydrogen-bond donors (Lipinski definition) is 1. The Morgan fingerprint density at radius 1 is 0.711 bits per heavy atom. The highest BCUT2D eigenvalue weighted by atomic mass is 16.6. The topological polar surface area (TPSA) is 72.9 Å². The fourth-order valence-electron chi connectivity index (χ4n) is 7.79. The second kappa shape index (κ2) is 10.6. The molecule has 4 heterocycles. The average molecular weight is 607 g/mol. The van der Waals surface area contributed by atoms with Crippen molar-refractivity contribution in [2.75, 3.05) is 48.5 Å². The Morgan fingerprint density at radius 3 is 2.16 bits per heavy atom. The van der Waals surface area contributed by atoms with Crippen LogP contribution >= 0.6 is 0 Å². The minimum absolute atomic E-state index is 0.0296. The average Bonchev–Trinajstić information content (AvgIpc) is 3.05. The van der Waals surface area contributed by atoms with Crippen LogP contribution in [0.25, 0.3) is 11.1 Å². The van der Waals surface area contributed by atoms with Gasteiger partial charge < -0.3 is 28.8 Å². The van der Waals surface area contributed by atoms with Crippen molar-refractivity contribution in [1.29, 1.82) is 0 Å². The Hall–Kier alpha value is -4.40. The summed E-state index contributed by atoms with van der Waals surface area (Å²) in [5, 5.41) is 11.2. The summed E-state index contributed by atoms with van der Waals surface area (Å²) in [7, 11) is 9.37. The van der Waals surface area contributed by atoms with Crippen LogP contribution in [0.4, 0.5) is 0 Å². The Labute approximate surface area is 263 Å². The van der Waals surface area contributed by atoms with Gasteiger partial charge in [-0.3, -0.25) is 9.80 Å². The predicted molar refractivity (Wildman–Crippen MR) is 172 cm³/mol. The van der Waals surface area contributed by atoms with E-state index in [1.807, 2.05) is 18.2 Å². The second-order valence-corrected chi connectivity index (χ2v) is 12.6. The summed E-state index contributed by atoms with van der Waals surface area (Å²) >= 11 is 0. The normalized spacial score (nSPS) is 19.8. The van der Waals surface area contributed by atoms with Gasteiger partial charge in [-0.05, 0) is 98.4 Å². The first-order valence-corrected chi connectivity index (χ1v) is 15.6. The SMILES string of the molecule is COc1ccc2cc1-c1cc(ccc1O)C[C@H]1c3cc4c(cc3CCN1C)Oc1c(OC)c(OC)c3c(c1O4)[C@H](C2)N(C)CC3. The Bertz CT molecular complexity index is 1850. The first kappa shape index (κ1) is 28.1. The van der Waals surface area contributed by atoms with Crippen molar-refractivity contribution in [3.05, 3.63) is 81.9 Å². The number of ether oxygens (including phenoxy) is 5. The minimum atomic E-state index is -0.0296. The maximum absolute atomic E-state index is 11.2. The van der Waals surface area contributed by atoms with Crippen LogP contribution in [0.3, 0.4) is 0 Å². The molecule has 4 aromatic rings. The zero-order chi connectivity index (χ0) is 31.0. The fourth-order valence-corrected chi connectivity index (χ4v) is 7.79. The number of hydrogen-bond acceptors (Lipinski definition) is 8. The van der Waals surface area contributed by atoms with Crippen molar-refractivity contribution in [3.8, 4) is 57.1 Å². The lowest BCUT2D eigenvalue weighted by molar-refractivity contribution is 0.214. The smallest absolute Gasteiger partial charge is 0.216 e. The number of phenols is 1. The third-order valence-electron chi connectivity index (χ3n) is 10.2. The van der Waals surface area contributed by atoms with E-state index in [1.165, 1.54) is 11.1 Å². The van der Waals surface area contributed by atoms with E-state index in [9.17, 15) is 5.11 Å². The molecule has 0 spiro atoms. The molecule has 8 rings (SSSR count). The minimum Gasteiger partial charge on any atom is -0.507 e. The third-order valence-corrected chi connectivity index (χ3v) is 10.2. The highest BCUT2D eigenvalue weighted by molar-refractivity contribution is 5.77. The van der Waals surface area contributed by atoms with Crippen molar-refractivity contribution >= 4 is 0 Å². The van der Waals surface area contributed by atoms with Crippen LogP contribution in [-0.4, -0.2) is 63.4 Å². The maximum Gasteiger partial charge on any atom is 0.216 e. The number of fused-ring (bicyclic) bond motifs is 5. The Kier molecular flexibility index (Phi) is 6.62. The van der Waals surface area contributed by atoms with E-state index in [2.05, 4.69) is 54.2 Å². The van der Waals surface area contributed by atoms with Gasteiger partial charge in [0.25, 0.3) is 0 Å². The van der Waals surface area contributed by atoms with Crippen LogP contribution < -0.4 is 23.7 Å². The number of benzene rings is 4. The molecule has 0 unspecified atom stereocenters. The molecule has 0 saturated heterocycles. The van der Waals surface area contributed by atoms with Crippen molar-refractivity contribution in [1.82, 2.24) is 9.80 Å². The lowest BCUT2D eigenvalue weighted by Gasteiger charge is -2.39. The van der Waals surface area contributed by atoms with E-state index < -0.39 is 0 Å². The summed E-state index contributed by atoms with van der Waals surface area (Å²) in [6, 6.07) is 16.6. The number of aromatic hydroxyl groups is 1. The Morgan fingerprint density at radius 2 is 1.38 bits per heavy atom. The second-order valence-electron chi connectivity index (χ2n) is 12.6. The van der Waals surface area contributed by atoms with Crippen molar-refractivity contribution in [2.24, 2.45) is 0 Å². The molecule has 0 aromatic heterocycles. The molecular weight excluding hydrogens is 568 g/mol. The van der Waals surface area contributed by atoms with Crippen LogP contribution in [0, 0.1) is 0 Å². The first-order valence-electron chi connectivity index (χ1n) is 15.6. The van der Waals surface area contributed by atoms with Crippen molar-refractivity contribution in [3.63, 3.8) is 0 Å². The summed E-state index contributed by atoms with van der Waals surface area (Å²) < 4.78 is 31.5. The monoisotopic (exact) mass is 606 g/mol. The first-order chi connectivity index (χ1) is 21.9. The van der Waals surface area contributed by atoms with Crippen LogP contribution in [-0.2, 0) is 25.7 Å². The molecular formula is C37H38N2O6. The standard InChI is InChI=1S/C37H38N2O6/c1-38-12-10-22-18-31-32-19-24(22)27(38)16-20-6-8-29(40)25(14-20)26-15-21(7-9-30(26)41-3)17-28-33-23(11-13-39(28)2)34(42-4)36(43-5)37(45-31)35(33)44-32/h6-9,14-15,18-19,27-28,40H,10-13,16-17H2,1-5H3/t27-,28-/m0/s1. The zero-order valence-electron chi connectivity index (χ0n) is 26.4. The van der Waals surface area contributed by atoms with Gasteiger partial charge in [0.15, 0.2) is 23.0 Å². The van der Waals surface area contributed by atoms with Gasteiger partial charge in [-0.25, -0.2) is 0 Å². The number of phenolic OH excluding ortho intramolecular Hbond substituents is 1. The third kappa shape index (κ3) is 4.34. The van der Waals surface area contributed by atoms with Gasteiger partial charge in [-0.2, -0.15) is 0 Å². The van der Waals surface area contributed by atoms with E-state index in [0.29, 0.717) is 40.9 Å². The predicted octanol–water partition coefficient (Wildman–Crippen LogP) is 6.84. The zero-order valence-corrected chi connectivity index (χ0v) is 26.4. The molecule has 4 aliphatic heterocycles. The highest BCUT2D eigenvalue weighted by Crippen LogP contribution is 2.60. The number of methoxy groups -OCH3 is 3. The molecule has 1 N–H and O–H groups in total. The van der Waals surface area contributed by atoms with Crippen LogP contribution in [0.15, 0.2) is 48.5 Å². The molecule has 45 heavy (non-hydrogen) atoms. The van der Waals surface area contributed by atoms with E-state index in [0.717, 1.165) is 71.5 Å². The number of rotatable bonds is 3. The summed E-state index contributed by atoms with van der Waals surface area (Å²) in [5.74, 6) is 4.88. The van der Waals surface area contributed by atoms with Gasteiger partial charge in [0.1, 0.15) is 11.5 Å². The lowest BCUT2D eigenvalue weighted by Crippen LogP contribution is -2.34. The molecule has 8 nitrogen and oxygen atoms in total. The van der Waals surface area contributed by atoms with Crippen LogP contribution in [0.2, 0.25) is 0 Å². The van der Waals surface area contributed by atoms with Crippen molar-refractivity contribution < 1.29 is 28.8 Å². The van der Waals surface area contributed by atoms with Gasteiger partial charge in [0.05, 0.1) is 21.3 Å². The highest BCUT2D eigenvalue weighted by Gasteiger charge is 2.40. The van der Waals surface area contributed by atoms with E-state index in [1.54, 1.807) is 21.3 Å². The molecule has 232 valence electrons. The summed E-state index contributed by atoms with van der Waals surface area (Å²) in [4.78, 5) is 4.78. The van der Waals surface area contributed by atoms with Crippen LogP contribution in [0.5, 0.6) is 46.0 Å².